The van der Waals surface area contributed by atoms with Crippen LogP contribution < -0.4 is 10.1 Å². The first-order valence-electron chi connectivity index (χ1n) is 5.84. The average Bonchev–Trinajstić information content (AvgIpc) is 2.29. The van der Waals surface area contributed by atoms with Gasteiger partial charge in [-0.15, -0.1) is 0 Å². The zero-order valence-electron chi connectivity index (χ0n) is 9.33. The minimum atomic E-state index is 0.492. The number of nitrogens with one attached hydrogen (secondary N) is 1. The predicted molar refractivity (Wildman–Crippen MR) is 62.3 cm³/mol. The first-order valence-corrected chi connectivity index (χ1v) is 5.84. The molecule has 0 fully saturated rings. The molecule has 0 spiro atoms. The van der Waals surface area contributed by atoms with E-state index < -0.39 is 0 Å². The first kappa shape index (κ1) is 10.5. The normalized spacial score (nSPS) is 19.4. The van der Waals surface area contributed by atoms with E-state index in [0.29, 0.717) is 6.04 Å². The summed E-state index contributed by atoms with van der Waals surface area (Å²) in [5, 5.41) is 3.54. The van der Waals surface area contributed by atoms with Crippen LogP contribution in [0.15, 0.2) is 24.3 Å². The molecule has 1 atom stereocenters. The molecule has 82 valence electrons. The fraction of sp³-hybridized carbons (Fsp3) is 0.538. The monoisotopic (exact) mass is 205 g/mol. The average molecular weight is 205 g/mol. The molecule has 2 nitrogen and oxygen atoms in total. The summed E-state index contributed by atoms with van der Waals surface area (Å²) in [6, 6.07) is 8.81. The summed E-state index contributed by atoms with van der Waals surface area (Å²) >= 11 is 0. The molecule has 0 aliphatic carbocycles. The van der Waals surface area contributed by atoms with Gasteiger partial charge in [0.2, 0.25) is 0 Å². The van der Waals surface area contributed by atoms with Gasteiger partial charge in [-0.25, -0.2) is 0 Å². The van der Waals surface area contributed by atoms with Gasteiger partial charge in [0.25, 0.3) is 0 Å². The molecule has 15 heavy (non-hydrogen) atoms. The number of hydrogen-bond donors (Lipinski definition) is 1. The molecule has 1 aliphatic rings. The smallest absolute Gasteiger partial charge is 0.122 e. The molecule has 2 rings (SSSR count). The molecule has 1 N–H and O–H groups in total. The quantitative estimate of drug-likeness (QED) is 0.762. The summed E-state index contributed by atoms with van der Waals surface area (Å²) in [6.45, 7) is 4.13. The Morgan fingerprint density at radius 1 is 1.40 bits per heavy atom. The van der Waals surface area contributed by atoms with Crippen LogP contribution in [0.25, 0.3) is 0 Å². The zero-order chi connectivity index (χ0) is 10.5. The van der Waals surface area contributed by atoms with Crippen molar-refractivity contribution < 1.29 is 4.74 Å². The highest BCUT2D eigenvalue weighted by Gasteiger charge is 2.18. The van der Waals surface area contributed by atoms with E-state index >= 15 is 0 Å². The van der Waals surface area contributed by atoms with Crippen molar-refractivity contribution in [3.8, 4) is 5.75 Å². The Balaban J connectivity index is 1.88. The maximum Gasteiger partial charge on any atom is 0.122 e. The van der Waals surface area contributed by atoms with Crippen LogP contribution in [0.1, 0.15) is 25.3 Å². The van der Waals surface area contributed by atoms with Crippen LogP contribution in [-0.2, 0) is 6.42 Å². The molecule has 1 aliphatic heterocycles. The maximum absolute atomic E-state index is 5.70. The molecule has 0 amide bonds. The lowest BCUT2D eigenvalue weighted by Crippen LogP contribution is -2.39. The van der Waals surface area contributed by atoms with Crippen molar-refractivity contribution >= 4 is 0 Å². The van der Waals surface area contributed by atoms with E-state index in [4.69, 9.17) is 4.74 Å². The lowest BCUT2D eigenvalue weighted by Gasteiger charge is -2.26. The molecule has 1 aromatic rings. The van der Waals surface area contributed by atoms with Crippen molar-refractivity contribution in [1.82, 2.24) is 5.32 Å². The number of para-hydroxylation sites is 1. The van der Waals surface area contributed by atoms with Crippen molar-refractivity contribution in [3.05, 3.63) is 29.8 Å². The summed E-state index contributed by atoms with van der Waals surface area (Å²) in [7, 11) is 0. The molecule has 0 saturated heterocycles. The first-order chi connectivity index (χ1) is 7.40. The Bertz CT molecular complexity index is 311. The van der Waals surface area contributed by atoms with Gasteiger partial charge < -0.3 is 10.1 Å². The van der Waals surface area contributed by atoms with Crippen LogP contribution in [0.4, 0.5) is 0 Å². The van der Waals surface area contributed by atoms with Crippen LogP contribution in [0, 0.1) is 0 Å². The van der Waals surface area contributed by atoms with Crippen LogP contribution in [0.3, 0.4) is 0 Å². The summed E-state index contributed by atoms with van der Waals surface area (Å²) in [6.07, 6.45) is 3.59. The third kappa shape index (κ3) is 2.72. The highest BCUT2D eigenvalue weighted by molar-refractivity contribution is 5.35. The summed E-state index contributed by atoms with van der Waals surface area (Å²) in [4.78, 5) is 0. The van der Waals surface area contributed by atoms with Crippen molar-refractivity contribution in [3.63, 3.8) is 0 Å². The largest absolute Gasteiger partial charge is 0.492 e. The van der Waals surface area contributed by atoms with Crippen LogP contribution in [-0.4, -0.2) is 19.2 Å². The van der Waals surface area contributed by atoms with Crippen LogP contribution in [0.2, 0.25) is 0 Å². The van der Waals surface area contributed by atoms with Gasteiger partial charge in [-0.05, 0) is 31.0 Å². The molecular weight excluding hydrogens is 186 g/mol. The predicted octanol–water partition coefficient (Wildman–Crippen LogP) is 2.38. The van der Waals surface area contributed by atoms with Crippen LogP contribution in [0.5, 0.6) is 5.75 Å². The fourth-order valence-electron chi connectivity index (χ4n) is 1.94. The van der Waals surface area contributed by atoms with Crippen molar-refractivity contribution in [1.29, 1.82) is 0 Å². The molecule has 0 bridgehead atoms. The van der Waals surface area contributed by atoms with Gasteiger partial charge in [0.15, 0.2) is 0 Å². The minimum absolute atomic E-state index is 0.492. The summed E-state index contributed by atoms with van der Waals surface area (Å²) < 4.78 is 5.70. The van der Waals surface area contributed by atoms with Crippen LogP contribution >= 0.6 is 0 Å². The van der Waals surface area contributed by atoms with Gasteiger partial charge >= 0.3 is 0 Å². The Labute approximate surface area is 91.6 Å². The number of rotatable bonds is 4. The van der Waals surface area contributed by atoms with Crippen molar-refractivity contribution in [2.24, 2.45) is 0 Å². The number of hydrogen-bond acceptors (Lipinski definition) is 2. The number of fused-ring (bicyclic) bond motifs is 1. The molecule has 0 saturated carbocycles. The number of benzene rings is 1. The summed E-state index contributed by atoms with van der Waals surface area (Å²) in [5.41, 5.74) is 1.33. The van der Waals surface area contributed by atoms with Crippen molar-refractivity contribution in [2.45, 2.75) is 32.2 Å². The molecule has 0 radical (unpaired) electrons. The Morgan fingerprint density at radius 2 is 2.27 bits per heavy atom. The summed E-state index contributed by atoms with van der Waals surface area (Å²) in [5.74, 6) is 1.06. The van der Waals surface area contributed by atoms with Gasteiger partial charge in [0.1, 0.15) is 12.4 Å². The number of ether oxygens (including phenoxy) is 1. The van der Waals surface area contributed by atoms with E-state index in [9.17, 15) is 0 Å². The van der Waals surface area contributed by atoms with E-state index in [0.717, 1.165) is 25.3 Å². The van der Waals surface area contributed by atoms with E-state index in [1.165, 1.54) is 18.4 Å². The minimum Gasteiger partial charge on any atom is -0.492 e. The van der Waals surface area contributed by atoms with E-state index in [2.05, 4.69) is 30.4 Å². The second-order valence-corrected chi connectivity index (χ2v) is 4.13. The SMILES string of the molecule is CCCCNC1COc2ccccc2C1. The Hall–Kier alpha value is -1.02. The lowest BCUT2D eigenvalue weighted by atomic mass is 10.0. The van der Waals surface area contributed by atoms with E-state index in [1.54, 1.807) is 0 Å². The maximum atomic E-state index is 5.70. The highest BCUT2D eigenvalue weighted by atomic mass is 16.5. The molecular formula is C13H19NO. The zero-order valence-corrected chi connectivity index (χ0v) is 9.33. The molecule has 1 heterocycles. The fourth-order valence-corrected chi connectivity index (χ4v) is 1.94. The third-order valence-electron chi connectivity index (χ3n) is 2.84. The van der Waals surface area contributed by atoms with Gasteiger partial charge in [-0.2, -0.15) is 0 Å². The van der Waals surface area contributed by atoms with Crippen molar-refractivity contribution in [2.75, 3.05) is 13.2 Å². The van der Waals surface area contributed by atoms with Gasteiger partial charge in [0, 0.05) is 6.04 Å². The highest BCUT2D eigenvalue weighted by Crippen LogP contribution is 2.23. The molecule has 1 unspecified atom stereocenters. The van der Waals surface area contributed by atoms with Gasteiger partial charge in [-0.3, -0.25) is 0 Å². The lowest BCUT2D eigenvalue weighted by molar-refractivity contribution is 0.238. The standard InChI is InChI=1S/C13H19NO/c1-2-3-8-14-12-9-11-6-4-5-7-13(11)15-10-12/h4-7,12,14H,2-3,8-10H2,1H3. The topological polar surface area (TPSA) is 21.3 Å². The van der Waals surface area contributed by atoms with E-state index in [-0.39, 0.29) is 0 Å². The van der Waals surface area contributed by atoms with Gasteiger partial charge in [0.05, 0.1) is 0 Å². The third-order valence-corrected chi connectivity index (χ3v) is 2.84. The second kappa shape index (κ2) is 5.17. The molecule has 2 heteroatoms. The second-order valence-electron chi connectivity index (χ2n) is 4.13. The van der Waals surface area contributed by atoms with Gasteiger partial charge in [-0.1, -0.05) is 31.5 Å². The molecule has 0 aromatic heterocycles. The molecule has 1 aromatic carbocycles. The Kier molecular flexibility index (Phi) is 3.62. The van der Waals surface area contributed by atoms with E-state index in [1.807, 2.05) is 6.07 Å². The Morgan fingerprint density at radius 3 is 3.13 bits per heavy atom. The number of unbranched alkanes of at least 4 members (excludes halogenated alkanes) is 1.